The van der Waals surface area contributed by atoms with Gasteiger partial charge >= 0.3 is 5.63 Å². The molecule has 22 heavy (non-hydrogen) atoms. The molecule has 1 saturated heterocycles. The first kappa shape index (κ1) is 14.3. The van der Waals surface area contributed by atoms with Gasteiger partial charge in [0, 0.05) is 12.1 Å². The molecule has 0 bridgehead atoms. The number of primary amides is 1. The third-order valence-electron chi connectivity index (χ3n) is 4.12. The van der Waals surface area contributed by atoms with E-state index in [9.17, 15) is 14.4 Å². The molecule has 1 aliphatic heterocycles. The lowest BCUT2D eigenvalue weighted by Gasteiger charge is -2.22. The van der Waals surface area contributed by atoms with Crippen LogP contribution in [0.3, 0.4) is 0 Å². The van der Waals surface area contributed by atoms with Crippen LogP contribution in [0.2, 0.25) is 0 Å². The standard InChI is InChI=1S/C16H16N2O4/c1-9-10-5-2-3-6-11(10)16(21)22-13(9)15(20)18-8-4-7-12(18)14(17)19/h2-3,5-6,12H,4,7-8H2,1H3,(H2,17,19)/t12-/m0/s1. The maximum atomic E-state index is 12.7. The van der Waals surface area contributed by atoms with Crippen molar-refractivity contribution in [2.45, 2.75) is 25.8 Å². The Morgan fingerprint density at radius 1 is 1.27 bits per heavy atom. The van der Waals surface area contributed by atoms with Crippen LogP contribution in [0.1, 0.15) is 29.0 Å². The highest BCUT2D eigenvalue weighted by Crippen LogP contribution is 2.24. The first-order valence-electron chi connectivity index (χ1n) is 7.13. The van der Waals surface area contributed by atoms with Crippen molar-refractivity contribution in [2.24, 2.45) is 5.73 Å². The molecule has 2 heterocycles. The van der Waals surface area contributed by atoms with Crippen molar-refractivity contribution in [3.8, 4) is 0 Å². The average Bonchev–Trinajstić information content (AvgIpc) is 3.00. The van der Waals surface area contributed by atoms with E-state index in [1.807, 2.05) is 0 Å². The molecule has 0 unspecified atom stereocenters. The number of aryl methyl sites for hydroxylation is 1. The molecule has 1 aromatic heterocycles. The molecule has 0 radical (unpaired) electrons. The second-order valence-electron chi connectivity index (χ2n) is 5.45. The molecule has 114 valence electrons. The van der Waals surface area contributed by atoms with Gasteiger partial charge in [-0.1, -0.05) is 18.2 Å². The molecule has 3 rings (SSSR count). The molecule has 1 atom stereocenters. The summed E-state index contributed by atoms with van der Waals surface area (Å²) in [6.07, 6.45) is 1.24. The van der Waals surface area contributed by atoms with Crippen LogP contribution in [0.15, 0.2) is 33.5 Å². The number of rotatable bonds is 2. The molecule has 0 saturated carbocycles. The molecule has 1 fully saturated rings. The van der Waals surface area contributed by atoms with Crippen LogP contribution in [0.4, 0.5) is 0 Å². The lowest BCUT2D eigenvalue weighted by molar-refractivity contribution is -0.121. The summed E-state index contributed by atoms with van der Waals surface area (Å²) in [6.45, 7) is 2.16. The van der Waals surface area contributed by atoms with E-state index >= 15 is 0 Å². The summed E-state index contributed by atoms with van der Waals surface area (Å²) in [6, 6.07) is 6.33. The van der Waals surface area contributed by atoms with E-state index in [4.69, 9.17) is 10.2 Å². The highest BCUT2D eigenvalue weighted by Gasteiger charge is 2.35. The quantitative estimate of drug-likeness (QED) is 0.901. The fraction of sp³-hybridized carbons (Fsp3) is 0.312. The van der Waals surface area contributed by atoms with Gasteiger partial charge in [0.15, 0.2) is 5.76 Å². The summed E-state index contributed by atoms with van der Waals surface area (Å²) in [7, 11) is 0. The molecule has 1 aromatic carbocycles. The van der Waals surface area contributed by atoms with E-state index in [1.165, 1.54) is 4.90 Å². The van der Waals surface area contributed by atoms with E-state index in [0.717, 1.165) is 0 Å². The Balaban J connectivity index is 2.10. The van der Waals surface area contributed by atoms with Gasteiger partial charge in [-0.05, 0) is 31.2 Å². The Hall–Kier alpha value is -2.63. The first-order chi connectivity index (χ1) is 10.5. The summed E-state index contributed by atoms with van der Waals surface area (Å²) in [5.74, 6) is -1.01. The minimum Gasteiger partial charge on any atom is -0.417 e. The number of carbonyl (C=O) groups excluding carboxylic acids is 2. The van der Waals surface area contributed by atoms with Gasteiger partial charge in [0.2, 0.25) is 5.91 Å². The zero-order chi connectivity index (χ0) is 15.9. The van der Waals surface area contributed by atoms with Gasteiger partial charge in [-0.25, -0.2) is 4.79 Å². The maximum absolute atomic E-state index is 12.7. The van der Waals surface area contributed by atoms with Gasteiger partial charge in [-0.2, -0.15) is 0 Å². The molecular formula is C16H16N2O4. The van der Waals surface area contributed by atoms with Gasteiger partial charge < -0.3 is 15.1 Å². The molecular weight excluding hydrogens is 284 g/mol. The largest absolute Gasteiger partial charge is 0.417 e. The molecule has 0 spiro atoms. The van der Waals surface area contributed by atoms with Gasteiger partial charge in [-0.3, -0.25) is 9.59 Å². The minimum atomic E-state index is -0.635. The summed E-state index contributed by atoms with van der Waals surface area (Å²) in [5.41, 5.74) is 5.37. The van der Waals surface area contributed by atoms with Crippen LogP contribution in [0.25, 0.3) is 10.8 Å². The number of hydrogen-bond acceptors (Lipinski definition) is 4. The predicted octanol–water partition coefficient (Wildman–Crippen LogP) is 1.19. The monoisotopic (exact) mass is 300 g/mol. The zero-order valence-corrected chi connectivity index (χ0v) is 12.2. The van der Waals surface area contributed by atoms with Gasteiger partial charge in [-0.15, -0.1) is 0 Å². The van der Waals surface area contributed by atoms with Crippen LogP contribution >= 0.6 is 0 Å². The van der Waals surface area contributed by atoms with Crippen molar-refractivity contribution in [1.82, 2.24) is 4.90 Å². The number of amides is 2. The number of nitrogens with two attached hydrogens (primary N) is 1. The Morgan fingerprint density at radius 3 is 2.64 bits per heavy atom. The highest BCUT2D eigenvalue weighted by molar-refractivity contribution is 6.00. The van der Waals surface area contributed by atoms with E-state index in [-0.39, 0.29) is 5.76 Å². The Labute approximate surface area is 126 Å². The molecule has 2 aromatic rings. The molecule has 0 aliphatic carbocycles. The number of likely N-dealkylation sites (tertiary alicyclic amines) is 1. The van der Waals surface area contributed by atoms with Crippen molar-refractivity contribution < 1.29 is 14.0 Å². The predicted molar refractivity (Wildman–Crippen MR) is 80.5 cm³/mol. The molecule has 2 amide bonds. The SMILES string of the molecule is Cc1c(C(=O)N2CCC[C@H]2C(N)=O)oc(=O)c2ccccc12. The van der Waals surface area contributed by atoms with Crippen LogP contribution in [0, 0.1) is 6.92 Å². The number of benzene rings is 1. The van der Waals surface area contributed by atoms with Gasteiger partial charge in [0.1, 0.15) is 6.04 Å². The summed E-state index contributed by atoms with van der Waals surface area (Å²) >= 11 is 0. The lowest BCUT2D eigenvalue weighted by atomic mass is 10.1. The Morgan fingerprint density at radius 2 is 1.95 bits per heavy atom. The Kier molecular flexibility index (Phi) is 3.44. The van der Waals surface area contributed by atoms with Crippen LogP contribution in [-0.2, 0) is 4.79 Å². The molecule has 1 aliphatic rings. The van der Waals surface area contributed by atoms with E-state index in [2.05, 4.69) is 0 Å². The highest BCUT2D eigenvalue weighted by atomic mass is 16.4. The molecule has 2 N–H and O–H groups in total. The topological polar surface area (TPSA) is 93.6 Å². The normalized spacial score (nSPS) is 17.9. The summed E-state index contributed by atoms with van der Waals surface area (Å²) in [4.78, 5) is 37.6. The van der Waals surface area contributed by atoms with Crippen molar-refractivity contribution in [1.29, 1.82) is 0 Å². The number of nitrogens with zero attached hydrogens (tertiary/aromatic N) is 1. The fourth-order valence-corrected chi connectivity index (χ4v) is 2.97. The minimum absolute atomic E-state index is 0.0168. The first-order valence-corrected chi connectivity index (χ1v) is 7.13. The van der Waals surface area contributed by atoms with Crippen molar-refractivity contribution in [2.75, 3.05) is 6.54 Å². The molecule has 6 nitrogen and oxygen atoms in total. The summed E-state index contributed by atoms with van der Waals surface area (Å²) in [5, 5.41) is 1.11. The average molecular weight is 300 g/mol. The van der Waals surface area contributed by atoms with E-state index < -0.39 is 23.5 Å². The number of fused-ring (bicyclic) bond motifs is 1. The third-order valence-corrected chi connectivity index (χ3v) is 4.12. The number of hydrogen-bond donors (Lipinski definition) is 1. The summed E-state index contributed by atoms with van der Waals surface area (Å²) < 4.78 is 5.22. The van der Waals surface area contributed by atoms with Crippen LogP contribution in [0.5, 0.6) is 0 Å². The van der Waals surface area contributed by atoms with Crippen LogP contribution in [-0.4, -0.2) is 29.3 Å². The van der Waals surface area contributed by atoms with E-state index in [0.29, 0.717) is 35.7 Å². The third kappa shape index (κ3) is 2.16. The van der Waals surface area contributed by atoms with Crippen molar-refractivity contribution in [3.05, 3.63) is 46.0 Å². The smallest absolute Gasteiger partial charge is 0.344 e. The second-order valence-corrected chi connectivity index (χ2v) is 5.45. The zero-order valence-electron chi connectivity index (χ0n) is 12.2. The Bertz CT molecular complexity index is 824. The number of carbonyl (C=O) groups is 2. The molecule has 6 heteroatoms. The maximum Gasteiger partial charge on any atom is 0.344 e. The lowest BCUT2D eigenvalue weighted by Crippen LogP contribution is -2.44. The van der Waals surface area contributed by atoms with Crippen LogP contribution < -0.4 is 11.4 Å². The second kappa shape index (κ2) is 5.29. The van der Waals surface area contributed by atoms with E-state index in [1.54, 1.807) is 31.2 Å². The van der Waals surface area contributed by atoms with Crippen molar-refractivity contribution in [3.63, 3.8) is 0 Å². The van der Waals surface area contributed by atoms with Gasteiger partial charge in [0.05, 0.1) is 5.39 Å². The van der Waals surface area contributed by atoms with Gasteiger partial charge in [0.25, 0.3) is 5.91 Å². The fourth-order valence-electron chi connectivity index (χ4n) is 2.97. The van der Waals surface area contributed by atoms with Crippen molar-refractivity contribution >= 4 is 22.6 Å².